The predicted molar refractivity (Wildman–Crippen MR) is 74.3 cm³/mol. The van der Waals surface area contributed by atoms with E-state index < -0.39 is 23.8 Å². The molecule has 2 N–H and O–H groups in total. The van der Waals surface area contributed by atoms with E-state index in [1.165, 1.54) is 4.90 Å². The smallest absolute Gasteiger partial charge is 0.350 e. The average Bonchev–Trinajstić information content (AvgIpc) is 3.05. The van der Waals surface area contributed by atoms with Gasteiger partial charge in [-0.25, -0.2) is 28.5 Å². The van der Waals surface area contributed by atoms with Gasteiger partial charge in [-0.2, -0.15) is 5.10 Å². The monoisotopic (exact) mass is 333 g/mol. The molecule has 0 bridgehead atoms. The van der Waals surface area contributed by atoms with Gasteiger partial charge in [0.1, 0.15) is 16.4 Å². The fourth-order valence-corrected chi connectivity index (χ4v) is 2.58. The molecule has 2 rings (SSSR count). The third kappa shape index (κ3) is 3.47. The zero-order valence-electron chi connectivity index (χ0n) is 11.7. The molecule has 120 valence electrons. The molecule has 8 nitrogen and oxygen atoms in total. The van der Waals surface area contributed by atoms with Gasteiger partial charge in [-0.1, -0.05) is 11.3 Å². The molecule has 2 aromatic rings. The summed E-state index contributed by atoms with van der Waals surface area (Å²) in [5.41, 5.74) is -1.08. The van der Waals surface area contributed by atoms with Gasteiger partial charge in [-0.15, -0.1) is 0 Å². The van der Waals surface area contributed by atoms with Crippen LogP contribution in [0.2, 0.25) is 0 Å². The molecule has 2 aromatic heterocycles. The van der Waals surface area contributed by atoms with Crippen LogP contribution in [0.15, 0.2) is 4.79 Å². The molecule has 0 aromatic carbocycles. The fraction of sp³-hybridized carbons (Fsp3) is 0.455. The molecule has 11 heteroatoms. The first-order valence-electron chi connectivity index (χ1n) is 6.23. The summed E-state index contributed by atoms with van der Waals surface area (Å²) in [5.74, 6) is -0.512. The number of H-pyrrole nitrogens is 2. The number of nitrogens with one attached hydrogen (secondary N) is 2. The summed E-state index contributed by atoms with van der Waals surface area (Å²) in [5, 5.41) is 6.11. The lowest BCUT2D eigenvalue weighted by Crippen LogP contribution is -2.17. The second-order valence-electron chi connectivity index (χ2n) is 4.21. The number of carbonyl (C=O) groups is 1. The first-order chi connectivity index (χ1) is 10.4. The normalized spacial score (nSPS) is 11.0. The molecular weight excluding hydrogens is 320 g/mol. The number of alkyl halides is 2. The Balaban J connectivity index is 2.25. The van der Waals surface area contributed by atoms with Crippen molar-refractivity contribution < 1.29 is 18.3 Å². The zero-order valence-corrected chi connectivity index (χ0v) is 12.5. The average molecular weight is 333 g/mol. The largest absolute Gasteiger partial charge is 0.462 e. The lowest BCUT2D eigenvalue weighted by molar-refractivity contribution is 0.0520. The third-order valence-corrected chi connectivity index (χ3v) is 3.74. The molecule has 0 atom stereocenters. The summed E-state index contributed by atoms with van der Waals surface area (Å²) in [6.45, 7) is 1.80. The maximum atomic E-state index is 13.0. The summed E-state index contributed by atoms with van der Waals surface area (Å²) in [4.78, 5) is 30.1. The Morgan fingerprint density at radius 1 is 1.50 bits per heavy atom. The van der Waals surface area contributed by atoms with Gasteiger partial charge in [-0.05, 0) is 6.92 Å². The first kappa shape index (κ1) is 16.1. The minimum Gasteiger partial charge on any atom is -0.462 e. The summed E-state index contributed by atoms with van der Waals surface area (Å²) < 4.78 is 30.7. The van der Waals surface area contributed by atoms with E-state index in [1.54, 1.807) is 14.0 Å². The number of esters is 1. The number of nitrogens with zero attached hydrogens (tertiary/aromatic N) is 3. The highest BCUT2D eigenvalue weighted by Crippen LogP contribution is 2.32. The van der Waals surface area contributed by atoms with Gasteiger partial charge in [0.15, 0.2) is 5.13 Å². The first-order valence-corrected chi connectivity index (χ1v) is 7.04. The second kappa shape index (κ2) is 6.64. The summed E-state index contributed by atoms with van der Waals surface area (Å²) in [7, 11) is 1.58. The van der Waals surface area contributed by atoms with Crippen LogP contribution in [0.1, 0.15) is 34.5 Å². The fourth-order valence-electron chi connectivity index (χ4n) is 1.65. The molecule has 0 amide bonds. The standard InChI is InChI=1S/C11H13F2N5O3S/c1-3-21-9(19)7-6(8(12)13)15-11(22-7)18(2)4-5-14-10(20)17-16-5/h8H,3-4H2,1-2H3,(H2,14,16,17,20). The number of aromatic nitrogens is 4. The number of halogens is 2. The number of carbonyl (C=O) groups excluding carboxylic acids is 1. The van der Waals surface area contributed by atoms with Crippen molar-refractivity contribution >= 4 is 22.4 Å². The molecular formula is C11H13F2N5O3S. The van der Waals surface area contributed by atoms with Crippen molar-refractivity contribution in [2.45, 2.75) is 19.9 Å². The highest BCUT2D eigenvalue weighted by molar-refractivity contribution is 7.17. The van der Waals surface area contributed by atoms with E-state index >= 15 is 0 Å². The number of hydrogen-bond acceptors (Lipinski definition) is 7. The highest BCUT2D eigenvalue weighted by atomic mass is 32.1. The second-order valence-corrected chi connectivity index (χ2v) is 5.19. The van der Waals surface area contributed by atoms with Crippen molar-refractivity contribution in [2.24, 2.45) is 0 Å². The molecule has 2 heterocycles. The van der Waals surface area contributed by atoms with Gasteiger partial charge in [0.05, 0.1) is 13.2 Å². The molecule has 0 aliphatic rings. The van der Waals surface area contributed by atoms with Crippen LogP contribution >= 0.6 is 11.3 Å². The van der Waals surface area contributed by atoms with Crippen molar-refractivity contribution in [3.05, 3.63) is 26.9 Å². The Labute approximate surface area is 127 Å². The van der Waals surface area contributed by atoms with Crippen LogP contribution in [0.5, 0.6) is 0 Å². The van der Waals surface area contributed by atoms with Gasteiger partial charge in [0.25, 0.3) is 6.43 Å². The maximum absolute atomic E-state index is 13.0. The van der Waals surface area contributed by atoms with Crippen LogP contribution in [0, 0.1) is 0 Å². The van der Waals surface area contributed by atoms with Crippen molar-refractivity contribution in [2.75, 3.05) is 18.6 Å². The zero-order chi connectivity index (χ0) is 16.3. The van der Waals surface area contributed by atoms with Crippen LogP contribution in [0.4, 0.5) is 13.9 Å². The summed E-state index contributed by atoms with van der Waals surface area (Å²) in [6.07, 6.45) is -2.89. The highest BCUT2D eigenvalue weighted by Gasteiger charge is 2.26. The number of thiazole rings is 1. The van der Waals surface area contributed by atoms with Crippen LogP contribution in [-0.2, 0) is 11.3 Å². The van der Waals surface area contributed by atoms with Gasteiger partial charge in [0.2, 0.25) is 0 Å². The predicted octanol–water partition coefficient (Wildman–Crippen LogP) is 1.31. The molecule has 0 radical (unpaired) electrons. The Morgan fingerprint density at radius 2 is 2.23 bits per heavy atom. The molecule has 0 unspecified atom stereocenters. The number of rotatable bonds is 6. The van der Waals surface area contributed by atoms with Crippen LogP contribution < -0.4 is 10.6 Å². The lowest BCUT2D eigenvalue weighted by Gasteiger charge is -2.12. The topological polar surface area (TPSA) is 104 Å². The minimum absolute atomic E-state index is 0.0824. The Morgan fingerprint density at radius 3 is 2.77 bits per heavy atom. The molecule has 0 saturated heterocycles. The van der Waals surface area contributed by atoms with Crippen molar-refractivity contribution in [3.8, 4) is 0 Å². The molecule has 0 aliphatic heterocycles. The minimum atomic E-state index is -2.89. The number of hydrogen-bond donors (Lipinski definition) is 2. The van der Waals surface area contributed by atoms with E-state index in [1.807, 2.05) is 0 Å². The lowest BCUT2D eigenvalue weighted by atomic mass is 10.4. The summed E-state index contributed by atoms with van der Waals surface area (Å²) >= 11 is 0.800. The quantitative estimate of drug-likeness (QED) is 0.772. The Hall–Kier alpha value is -2.30. The molecule has 0 aliphatic carbocycles. The van der Waals surface area contributed by atoms with E-state index in [0.29, 0.717) is 5.82 Å². The van der Waals surface area contributed by atoms with E-state index in [4.69, 9.17) is 4.74 Å². The van der Waals surface area contributed by atoms with Gasteiger partial charge in [0, 0.05) is 7.05 Å². The molecule has 0 spiro atoms. The Kier molecular flexibility index (Phi) is 4.85. The van der Waals surface area contributed by atoms with Gasteiger partial charge < -0.3 is 9.64 Å². The number of aromatic amines is 2. The SMILES string of the molecule is CCOC(=O)c1sc(N(C)Cc2n[nH]c(=O)[nH]2)nc1C(F)F. The summed E-state index contributed by atoms with van der Waals surface area (Å²) in [6, 6.07) is 0. The number of anilines is 1. The van der Waals surface area contributed by atoms with Crippen molar-refractivity contribution in [1.29, 1.82) is 0 Å². The van der Waals surface area contributed by atoms with E-state index in [0.717, 1.165) is 11.3 Å². The Bertz CT molecular complexity index is 711. The molecule has 0 saturated carbocycles. The van der Waals surface area contributed by atoms with Crippen molar-refractivity contribution in [1.82, 2.24) is 20.2 Å². The molecule has 22 heavy (non-hydrogen) atoms. The van der Waals surface area contributed by atoms with Crippen LogP contribution in [-0.4, -0.2) is 39.8 Å². The van der Waals surface area contributed by atoms with E-state index in [-0.39, 0.29) is 23.2 Å². The van der Waals surface area contributed by atoms with Gasteiger partial charge in [-0.3, -0.25) is 4.98 Å². The van der Waals surface area contributed by atoms with Crippen molar-refractivity contribution in [3.63, 3.8) is 0 Å². The van der Waals surface area contributed by atoms with Gasteiger partial charge >= 0.3 is 11.7 Å². The molecule has 0 fully saturated rings. The van der Waals surface area contributed by atoms with E-state index in [2.05, 4.69) is 20.2 Å². The number of ether oxygens (including phenoxy) is 1. The van der Waals surface area contributed by atoms with E-state index in [9.17, 15) is 18.4 Å². The third-order valence-electron chi connectivity index (χ3n) is 2.57. The van der Waals surface area contributed by atoms with Crippen LogP contribution in [0.25, 0.3) is 0 Å². The van der Waals surface area contributed by atoms with Crippen LogP contribution in [0.3, 0.4) is 0 Å². The maximum Gasteiger partial charge on any atom is 0.350 e.